The third-order valence-corrected chi connectivity index (χ3v) is 3.68. The molecule has 1 aliphatic heterocycles. The van der Waals surface area contributed by atoms with E-state index in [1.165, 1.54) is 5.56 Å². The first-order chi connectivity index (χ1) is 9.81. The van der Waals surface area contributed by atoms with Gasteiger partial charge in [0.1, 0.15) is 0 Å². The molecule has 3 nitrogen and oxygen atoms in total. The second-order valence-corrected chi connectivity index (χ2v) is 5.61. The van der Waals surface area contributed by atoms with Crippen molar-refractivity contribution in [2.24, 2.45) is 0 Å². The third kappa shape index (κ3) is 3.25. The number of halogens is 1. The van der Waals surface area contributed by atoms with E-state index in [0.29, 0.717) is 0 Å². The molecule has 0 aliphatic carbocycles. The van der Waals surface area contributed by atoms with Crippen LogP contribution in [0.1, 0.15) is 12.0 Å². The zero-order valence-electron chi connectivity index (χ0n) is 11.1. The van der Waals surface area contributed by atoms with E-state index < -0.39 is 0 Å². The predicted molar refractivity (Wildman–Crippen MR) is 83.5 cm³/mol. The molecule has 20 heavy (non-hydrogen) atoms. The molecule has 1 heterocycles. The van der Waals surface area contributed by atoms with Gasteiger partial charge in [0.15, 0.2) is 11.5 Å². The first-order valence-electron chi connectivity index (χ1n) is 6.69. The van der Waals surface area contributed by atoms with Gasteiger partial charge in [0, 0.05) is 23.1 Å². The number of hydrogen-bond acceptors (Lipinski definition) is 3. The van der Waals surface area contributed by atoms with Gasteiger partial charge < -0.3 is 14.8 Å². The van der Waals surface area contributed by atoms with Gasteiger partial charge in [-0.1, -0.05) is 22.0 Å². The van der Waals surface area contributed by atoms with E-state index in [-0.39, 0.29) is 0 Å². The van der Waals surface area contributed by atoms with Gasteiger partial charge in [-0.05, 0) is 42.0 Å². The summed E-state index contributed by atoms with van der Waals surface area (Å²) in [6.07, 6.45) is 0.932. The van der Waals surface area contributed by atoms with E-state index in [9.17, 15) is 0 Å². The third-order valence-electron chi connectivity index (χ3n) is 3.15. The van der Waals surface area contributed by atoms with Crippen LogP contribution in [0.3, 0.4) is 0 Å². The topological polar surface area (TPSA) is 30.5 Å². The number of benzene rings is 2. The molecule has 2 aromatic carbocycles. The highest BCUT2D eigenvalue weighted by Crippen LogP contribution is 2.30. The Kier molecular flexibility index (Phi) is 4.11. The van der Waals surface area contributed by atoms with E-state index in [4.69, 9.17) is 9.47 Å². The molecule has 0 saturated carbocycles. The molecule has 0 radical (unpaired) electrons. The first kappa shape index (κ1) is 13.3. The minimum absolute atomic E-state index is 0.719. The lowest BCUT2D eigenvalue weighted by Gasteiger charge is -2.11. The number of hydrogen-bond donors (Lipinski definition) is 1. The summed E-state index contributed by atoms with van der Waals surface area (Å²) in [6, 6.07) is 14.2. The van der Waals surface area contributed by atoms with Gasteiger partial charge in [-0.15, -0.1) is 0 Å². The SMILES string of the molecule is Brc1ccc(NCc2ccc3c(c2)OCCCO3)cc1. The van der Waals surface area contributed by atoms with Crippen LogP contribution in [0.4, 0.5) is 5.69 Å². The van der Waals surface area contributed by atoms with Crippen LogP contribution < -0.4 is 14.8 Å². The van der Waals surface area contributed by atoms with Gasteiger partial charge in [0.05, 0.1) is 13.2 Å². The number of rotatable bonds is 3. The smallest absolute Gasteiger partial charge is 0.161 e. The van der Waals surface area contributed by atoms with Crippen molar-refractivity contribution in [3.63, 3.8) is 0 Å². The quantitative estimate of drug-likeness (QED) is 0.912. The van der Waals surface area contributed by atoms with Crippen LogP contribution in [-0.2, 0) is 6.54 Å². The summed E-state index contributed by atoms with van der Waals surface area (Å²) in [6.45, 7) is 2.21. The maximum atomic E-state index is 5.70. The zero-order chi connectivity index (χ0) is 13.8. The standard InChI is InChI=1S/C16H16BrNO2/c17-13-3-5-14(6-4-13)18-11-12-2-7-15-16(10-12)20-9-1-8-19-15/h2-7,10,18H,1,8-9,11H2. The molecule has 0 fully saturated rings. The molecule has 2 aromatic rings. The maximum absolute atomic E-state index is 5.70. The molecule has 0 aromatic heterocycles. The highest BCUT2D eigenvalue weighted by molar-refractivity contribution is 9.10. The molecule has 0 unspecified atom stereocenters. The fraction of sp³-hybridized carbons (Fsp3) is 0.250. The fourth-order valence-electron chi connectivity index (χ4n) is 2.09. The highest BCUT2D eigenvalue weighted by atomic mass is 79.9. The summed E-state index contributed by atoms with van der Waals surface area (Å²) in [5.74, 6) is 1.69. The molecule has 1 aliphatic rings. The molecule has 0 bridgehead atoms. The number of anilines is 1. The number of nitrogens with one attached hydrogen (secondary N) is 1. The second kappa shape index (κ2) is 6.18. The Morgan fingerprint density at radius 2 is 1.70 bits per heavy atom. The van der Waals surface area contributed by atoms with Crippen LogP contribution in [0, 0.1) is 0 Å². The lowest BCUT2D eigenvalue weighted by molar-refractivity contribution is 0.297. The van der Waals surface area contributed by atoms with Crippen LogP contribution in [0.15, 0.2) is 46.9 Å². The molecule has 0 saturated heterocycles. The summed E-state index contributed by atoms with van der Waals surface area (Å²) in [4.78, 5) is 0. The minimum Gasteiger partial charge on any atom is -0.490 e. The first-order valence-corrected chi connectivity index (χ1v) is 7.48. The summed E-state index contributed by atoms with van der Waals surface area (Å²) in [5.41, 5.74) is 2.28. The van der Waals surface area contributed by atoms with Crippen molar-refractivity contribution in [1.29, 1.82) is 0 Å². The molecule has 104 valence electrons. The van der Waals surface area contributed by atoms with Crippen molar-refractivity contribution < 1.29 is 9.47 Å². The lowest BCUT2D eigenvalue weighted by Crippen LogP contribution is -2.00. The van der Waals surface area contributed by atoms with Crippen molar-refractivity contribution in [3.05, 3.63) is 52.5 Å². The van der Waals surface area contributed by atoms with Crippen molar-refractivity contribution in [2.45, 2.75) is 13.0 Å². The Hall–Kier alpha value is -1.68. The van der Waals surface area contributed by atoms with E-state index in [0.717, 1.165) is 47.8 Å². The Labute approximate surface area is 127 Å². The Morgan fingerprint density at radius 1 is 0.950 bits per heavy atom. The number of ether oxygens (including phenoxy) is 2. The summed E-state index contributed by atoms with van der Waals surface area (Å²) in [7, 11) is 0. The molecule has 3 rings (SSSR count). The average molecular weight is 334 g/mol. The monoisotopic (exact) mass is 333 g/mol. The van der Waals surface area contributed by atoms with Gasteiger partial charge in [0.2, 0.25) is 0 Å². The summed E-state index contributed by atoms with van der Waals surface area (Å²) < 4.78 is 12.4. The van der Waals surface area contributed by atoms with Gasteiger partial charge in [-0.3, -0.25) is 0 Å². The van der Waals surface area contributed by atoms with Crippen LogP contribution in [0.25, 0.3) is 0 Å². The maximum Gasteiger partial charge on any atom is 0.161 e. The van der Waals surface area contributed by atoms with Crippen LogP contribution in [0.2, 0.25) is 0 Å². The molecule has 0 amide bonds. The van der Waals surface area contributed by atoms with Gasteiger partial charge in [-0.25, -0.2) is 0 Å². The molecule has 0 spiro atoms. The molecular weight excluding hydrogens is 318 g/mol. The molecule has 4 heteroatoms. The van der Waals surface area contributed by atoms with Crippen molar-refractivity contribution in [2.75, 3.05) is 18.5 Å². The Morgan fingerprint density at radius 3 is 2.50 bits per heavy atom. The molecule has 1 N–H and O–H groups in total. The zero-order valence-corrected chi connectivity index (χ0v) is 12.7. The fourth-order valence-corrected chi connectivity index (χ4v) is 2.35. The Bertz CT molecular complexity index is 584. The van der Waals surface area contributed by atoms with E-state index in [1.807, 2.05) is 36.4 Å². The van der Waals surface area contributed by atoms with Crippen LogP contribution >= 0.6 is 15.9 Å². The van der Waals surface area contributed by atoms with Gasteiger partial charge in [0.25, 0.3) is 0 Å². The second-order valence-electron chi connectivity index (χ2n) is 4.69. The lowest BCUT2D eigenvalue weighted by atomic mass is 10.2. The normalized spacial score (nSPS) is 13.7. The van der Waals surface area contributed by atoms with Gasteiger partial charge >= 0.3 is 0 Å². The van der Waals surface area contributed by atoms with Crippen molar-refractivity contribution in [3.8, 4) is 11.5 Å². The van der Waals surface area contributed by atoms with E-state index >= 15 is 0 Å². The predicted octanol–water partition coefficient (Wildman–Crippen LogP) is 4.22. The Balaban J connectivity index is 1.68. The summed E-state index contributed by atoms with van der Waals surface area (Å²) in [5, 5.41) is 3.39. The minimum atomic E-state index is 0.719. The number of fused-ring (bicyclic) bond motifs is 1. The van der Waals surface area contributed by atoms with Crippen LogP contribution in [-0.4, -0.2) is 13.2 Å². The van der Waals surface area contributed by atoms with Crippen LogP contribution in [0.5, 0.6) is 11.5 Å². The van der Waals surface area contributed by atoms with Crippen molar-refractivity contribution in [1.82, 2.24) is 0 Å². The average Bonchev–Trinajstić information content (AvgIpc) is 2.71. The van der Waals surface area contributed by atoms with Crippen molar-refractivity contribution >= 4 is 21.6 Å². The van der Waals surface area contributed by atoms with E-state index in [1.54, 1.807) is 0 Å². The molecule has 0 atom stereocenters. The summed E-state index contributed by atoms with van der Waals surface area (Å²) >= 11 is 3.43. The largest absolute Gasteiger partial charge is 0.490 e. The highest BCUT2D eigenvalue weighted by Gasteiger charge is 2.10. The van der Waals surface area contributed by atoms with E-state index in [2.05, 4.69) is 27.3 Å². The van der Waals surface area contributed by atoms with Gasteiger partial charge in [-0.2, -0.15) is 0 Å². The molecular formula is C16H16BrNO2.